The van der Waals surface area contributed by atoms with Gasteiger partial charge in [0.25, 0.3) is 0 Å². The molecule has 0 aromatic heterocycles. The Bertz CT molecular complexity index is 487. The molecule has 1 aliphatic heterocycles. The van der Waals surface area contributed by atoms with Gasteiger partial charge in [0.2, 0.25) is 0 Å². The molecule has 0 aliphatic carbocycles. The number of aliphatic hydroxyl groups is 1. The maximum Gasteiger partial charge on any atom is 0.124 e. The van der Waals surface area contributed by atoms with E-state index in [4.69, 9.17) is 5.11 Å². The summed E-state index contributed by atoms with van der Waals surface area (Å²) >= 11 is 1.99. The number of nitrogens with zero attached hydrogens (tertiary/aromatic N) is 1. The minimum atomic E-state index is -0.236. The van der Waals surface area contributed by atoms with Crippen molar-refractivity contribution >= 4 is 11.8 Å². The van der Waals surface area contributed by atoms with Gasteiger partial charge in [-0.3, -0.25) is 4.90 Å². The molecule has 1 aromatic carbocycles. The topological polar surface area (TPSA) is 23.5 Å². The molecule has 4 heteroatoms. The lowest BCUT2D eigenvalue weighted by Gasteiger charge is -2.19. The quantitative estimate of drug-likeness (QED) is 0.866. The van der Waals surface area contributed by atoms with Crippen LogP contribution in [0.3, 0.4) is 0 Å². The lowest BCUT2D eigenvalue weighted by atomic mass is 10.1. The molecule has 20 heavy (non-hydrogen) atoms. The fourth-order valence-corrected chi connectivity index (χ4v) is 3.17. The predicted molar refractivity (Wildman–Crippen MR) is 82.2 cm³/mol. The zero-order chi connectivity index (χ0) is 14.2. The summed E-state index contributed by atoms with van der Waals surface area (Å²) in [6.07, 6.45) is 1.62. The van der Waals surface area contributed by atoms with Gasteiger partial charge in [0.15, 0.2) is 0 Å². The summed E-state index contributed by atoms with van der Waals surface area (Å²) in [5.74, 6) is 7.87. The van der Waals surface area contributed by atoms with Crippen LogP contribution in [-0.2, 0) is 6.54 Å². The molecule has 1 N–H and O–H groups in total. The number of hydrogen-bond donors (Lipinski definition) is 1. The lowest BCUT2D eigenvalue weighted by Crippen LogP contribution is -2.25. The molecule has 1 heterocycles. The summed E-state index contributed by atoms with van der Waals surface area (Å²) in [5.41, 5.74) is 1.67. The molecule has 1 saturated heterocycles. The molecule has 0 amide bonds. The highest BCUT2D eigenvalue weighted by Crippen LogP contribution is 2.15. The summed E-state index contributed by atoms with van der Waals surface area (Å²) in [7, 11) is 0. The molecular formula is C16H20FNOS. The largest absolute Gasteiger partial charge is 0.395 e. The Morgan fingerprint density at radius 2 is 2.15 bits per heavy atom. The van der Waals surface area contributed by atoms with Gasteiger partial charge in [-0.15, -0.1) is 0 Å². The van der Waals surface area contributed by atoms with Crippen molar-refractivity contribution < 1.29 is 9.50 Å². The third kappa shape index (κ3) is 5.16. The first kappa shape index (κ1) is 15.4. The summed E-state index contributed by atoms with van der Waals surface area (Å²) in [4.78, 5) is 2.37. The third-order valence-electron chi connectivity index (χ3n) is 3.15. The first-order valence-corrected chi connectivity index (χ1v) is 8.13. The first-order valence-electron chi connectivity index (χ1n) is 6.97. The van der Waals surface area contributed by atoms with Crippen LogP contribution < -0.4 is 0 Å². The van der Waals surface area contributed by atoms with Crippen LogP contribution in [0.5, 0.6) is 0 Å². The monoisotopic (exact) mass is 293 g/mol. The molecule has 0 spiro atoms. The maximum absolute atomic E-state index is 13.6. The summed E-state index contributed by atoms with van der Waals surface area (Å²) in [5, 5.41) is 8.71. The number of rotatable bonds is 3. The van der Waals surface area contributed by atoms with Crippen LogP contribution in [0.1, 0.15) is 24.0 Å². The Labute approximate surface area is 124 Å². The van der Waals surface area contributed by atoms with Crippen molar-refractivity contribution in [1.82, 2.24) is 4.90 Å². The molecule has 2 nitrogen and oxygen atoms in total. The van der Waals surface area contributed by atoms with Gasteiger partial charge in [-0.2, -0.15) is 11.8 Å². The molecule has 0 atom stereocenters. The second-order valence-electron chi connectivity index (χ2n) is 4.87. The summed E-state index contributed by atoms with van der Waals surface area (Å²) in [6, 6.07) is 4.99. The van der Waals surface area contributed by atoms with Gasteiger partial charge in [0.1, 0.15) is 5.82 Å². The highest BCUT2D eigenvalue weighted by molar-refractivity contribution is 7.99. The normalized spacial score (nSPS) is 16.3. The second-order valence-corrected chi connectivity index (χ2v) is 6.09. The van der Waals surface area contributed by atoms with Crippen LogP contribution in [0, 0.1) is 17.7 Å². The van der Waals surface area contributed by atoms with Gasteiger partial charge in [-0.05, 0) is 42.5 Å². The molecule has 2 rings (SSSR count). The van der Waals surface area contributed by atoms with Crippen molar-refractivity contribution in [2.75, 3.05) is 31.2 Å². The molecule has 108 valence electrons. The molecular weight excluding hydrogens is 273 g/mol. The van der Waals surface area contributed by atoms with Crippen LogP contribution in [0.15, 0.2) is 18.2 Å². The fraction of sp³-hybridized carbons (Fsp3) is 0.500. The van der Waals surface area contributed by atoms with Crippen molar-refractivity contribution in [1.29, 1.82) is 0 Å². The van der Waals surface area contributed by atoms with Crippen molar-refractivity contribution in [3.8, 4) is 11.8 Å². The Kier molecular flexibility index (Phi) is 6.38. The number of benzene rings is 1. The average Bonchev–Trinajstić information content (AvgIpc) is 2.67. The van der Waals surface area contributed by atoms with E-state index in [0.717, 1.165) is 31.0 Å². The third-order valence-corrected chi connectivity index (χ3v) is 4.20. The average molecular weight is 293 g/mol. The highest BCUT2D eigenvalue weighted by Gasteiger charge is 2.10. The Morgan fingerprint density at radius 3 is 3.00 bits per heavy atom. The van der Waals surface area contributed by atoms with Crippen molar-refractivity contribution in [3.63, 3.8) is 0 Å². The minimum absolute atomic E-state index is 0.0423. The minimum Gasteiger partial charge on any atom is -0.395 e. The molecule has 1 aromatic rings. The molecule has 0 saturated carbocycles. The van der Waals surface area contributed by atoms with Gasteiger partial charge < -0.3 is 5.11 Å². The molecule has 1 fully saturated rings. The zero-order valence-electron chi connectivity index (χ0n) is 11.6. The molecule has 1 aliphatic rings. The first-order chi connectivity index (χ1) is 9.78. The van der Waals surface area contributed by atoms with Gasteiger partial charge in [0.05, 0.1) is 6.61 Å². The zero-order valence-corrected chi connectivity index (χ0v) is 12.4. The number of hydrogen-bond acceptors (Lipinski definition) is 3. The number of halogens is 1. The Hall–Kier alpha value is -1.02. The van der Waals surface area contributed by atoms with E-state index in [0.29, 0.717) is 12.0 Å². The van der Waals surface area contributed by atoms with Crippen LogP contribution in [0.2, 0.25) is 0 Å². The van der Waals surface area contributed by atoms with Gasteiger partial charge >= 0.3 is 0 Å². The smallest absolute Gasteiger partial charge is 0.124 e. The van der Waals surface area contributed by atoms with Gasteiger partial charge in [0, 0.05) is 30.8 Å². The van der Waals surface area contributed by atoms with Crippen molar-refractivity contribution in [3.05, 3.63) is 35.1 Å². The van der Waals surface area contributed by atoms with Crippen LogP contribution >= 0.6 is 11.8 Å². The van der Waals surface area contributed by atoms with E-state index in [-0.39, 0.29) is 12.4 Å². The highest BCUT2D eigenvalue weighted by atomic mass is 32.2. The van der Waals surface area contributed by atoms with Crippen LogP contribution in [0.4, 0.5) is 4.39 Å². The number of aliphatic hydroxyl groups excluding tert-OH is 1. The van der Waals surface area contributed by atoms with Crippen molar-refractivity contribution in [2.45, 2.75) is 19.4 Å². The predicted octanol–water partition coefficient (Wildman–Crippen LogP) is 2.50. The summed E-state index contributed by atoms with van der Waals surface area (Å²) < 4.78 is 13.6. The van der Waals surface area contributed by atoms with E-state index in [1.54, 1.807) is 6.07 Å². The molecule has 0 unspecified atom stereocenters. The Morgan fingerprint density at radius 1 is 1.25 bits per heavy atom. The van der Waals surface area contributed by atoms with Gasteiger partial charge in [-0.25, -0.2) is 4.39 Å². The van der Waals surface area contributed by atoms with E-state index in [2.05, 4.69) is 16.7 Å². The van der Waals surface area contributed by atoms with E-state index in [1.807, 2.05) is 17.8 Å². The maximum atomic E-state index is 13.6. The van der Waals surface area contributed by atoms with Crippen molar-refractivity contribution in [2.24, 2.45) is 0 Å². The Balaban J connectivity index is 2.05. The second kappa shape index (κ2) is 8.31. The van der Waals surface area contributed by atoms with E-state index in [9.17, 15) is 4.39 Å². The fourth-order valence-electron chi connectivity index (χ4n) is 2.25. The molecule has 0 bridgehead atoms. The van der Waals surface area contributed by atoms with Gasteiger partial charge in [-0.1, -0.05) is 11.8 Å². The summed E-state index contributed by atoms with van der Waals surface area (Å²) in [6.45, 7) is 2.97. The SMILES string of the molecule is OCCC#Cc1cc(F)cc(CN2CCCSCC2)c1. The van der Waals surface area contributed by atoms with E-state index < -0.39 is 0 Å². The van der Waals surface area contributed by atoms with Crippen LogP contribution in [0.25, 0.3) is 0 Å². The van der Waals surface area contributed by atoms with E-state index in [1.165, 1.54) is 18.2 Å². The van der Waals surface area contributed by atoms with E-state index >= 15 is 0 Å². The number of thioether (sulfide) groups is 1. The molecule has 0 radical (unpaired) electrons. The standard InChI is InChI=1S/C16H20FNOS/c17-16-11-14(4-1-2-7-19)10-15(12-16)13-18-5-3-8-20-9-6-18/h10-12,19H,2-3,5-9,13H2. The van der Waals surface area contributed by atoms with Crippen LogP contribution in [-0.4, -0.2) is 41.2 Å². The lowest BCUT2D eigenvalue weighted by molar-refractivity contribution is 0.287.